The summed E-state index contributed by atoms with van der Waals surface area (Å²) < 4.78 is 13.5. The third-order valence-corrected chi connectivity index (χ3v) is 6.10. The van der Waals surface area contributed by atoms with Crippen LogP contribution in [0.5, 0.6) is 0 Å². The smallest absolute Gasteiger partial charge is 0.228 e. The number of anilines is 2. The van der Waals surface area contributed by atoms with E-state index in [9.17, 15) is 14.0 Å². The van der Waals surface area contributed by atoms with Crippen LogP contribution in [0.25, 0.3) is 0 Å². The zero-order valence-corrected chi connectivity index (χ0v) is 16.9. The largest absolute Gasteiger partial charge is 0.368 e. The predicted octanol–water partition coefficient (Wildman–Crippen LogP) is 3.14. The van der Waals surface area contributed by atoms with E-state index in [1.807, 2.05) is 4.90 Å². The number of benzene rings is 2. The van der Waals surface area contributed by atoms with Crippen LogP contribution >= 0.6 is 0 Å². The van der Waals surface area contributed by atoms with Crippen LogP contribution in [0, 0.1) is 25.6 Å². The van der Waals surface area contributed by atoms with Crippen molar-refractivity contribution in [3.8, 4) is 0 Å². The third-order valence-electron chi connectivity index (χ3n) is 6.10. The molecule has 2 heterocycles. The van der Waals surface area contributed by atoms with Crippen LogP contribution in [0.3, 0.4) is 0 Å². The Bertz CT molecular complexity index is 937. The van der Waals surface area contributed by atoms with Crippen LogP contribution < -0.4 is 9.80 Å². The van der Waals surface area contributed by atoms with Crippen LogP contribution in [0.1, 0.15) is 17.5 Å². The lowest BCUT2D eigenvalue weighted by atomic mass is 10.1. The second kappa shape index (κ2) is 7.85. The first kappa shape index (κ1) is 19.4. The van der Waals surface area contributed by atoms with Crippen LogP contribution in [-0.4, -0.2) is 49.4 Å². The van der Waals surface area contributed by atoms with Crippen LogP contribution in [0.4, 0.5) is 15.8 Å². The highest BCUT2D eigenvalue weighted by molar-refractivity contribution is 6.00. The van der Waals surface area contributed by atoms with Gasteiger partial charge in [-0.2, -0.15) is 0 Å². The summed E-state index contributed by atoms with van der Waals surface area (Å²) in [7, 11) is 0. The van der Waals surface area contributed by atoms with E-state index in [-0.39, 0.29) is 30.0 Å². The molecule has 2 aromatic carbocycles. The van der Waals surface area contributed by atoms with Gasteiger partial charge in [0.1, 0.15) is 5.82 Å². The molecule has 1 atom stereocenters. The Morgan fingerprint density at radius 3 is 2.48 bits per heavy atom. The van der Waals surface area contributed by atoms with Crippen LogP contribution in [-0.2, 0) is 9.59 Å². The topological polar surface area (TPSA) is 43.9 Å². The van der Waals surface area contributed by atoms with E-state index in [4.69, 9.17) is 0 Å². The number of aryl methyl sites for hydroxylation is 1. The summed E-state index contributed by atoms with van der Waals surface area (Å²) in [4.78, 5) is 31.1. The van der Waals surface area contributed by atoms with Crippen molar-refractivity contribution in [2.24, 2.45) is 5.92 Å². The van der Waals surface area contributed by atoms with Gasteiger partial charge >= 0.3 is 0 Å². The lowest BCUT2D eigenvalue weighted by molar-refractivity contribution is -0.136. The fourth-order valence-electron chi connectivity index (χ4n) is 4.27. The first-order valence-corrected chi connectivity index (χ1v) is 10.1. The zero-order valence-electron chi connectivity index (χ0n) is 16.9. The van der Waals surface area contributed by atoms with Crippen molar-refractivity contribution in [3.05, 3.63) is 59.4 Å². The Hall–Kier alpha value is -2.89. The third kappa shape index (κ3) is 3.84. The molecule has 4 rings (SSSR count). The second-order valence-electron chi connectivity index (χ2n) is 7.92. The fraction of sp³-hybridized carbons (Fsp3) is 0.391. The molecular formula is C23H26FN3O2. The number of nitrogens with zero attached hydrogens (tertiary/aromatic N) is 3. The fourth-order valence-corrected chi connectivity index (χ4v) is 4.27. The van der Waals surface area contributed by atoms with E-state index in [1.54, 1.807) is 12.1 Å². The Balaban J connectivity index is 1.39. The van der Waals surface area contributed by atoms with Crippen molar-refractivity contribution in [3.63, 3.8) is 0 Å². The minimum Gasteiger partial charge on any atom is -0.368 e. The van der Waals surface area contributed by atoms with E-state index in [1.165, 1.54) is 33.8 Å². The molecule has 2 aromatic rings. The monoisotopic (exact) mass is 395 g/mol. The molecule has 2 amide bonds. The summed E-state index contributed by atoms with van der Waals surface area (Å²) in [5.41, 5.74) is 4.29. The molecule has 2 aliphatic rings. The van der Waals surface area contributed by atoms with Gasteiger partial charge in [-0.05, 0) is 49.2 Å². The molecule has 0 bridgehead atoms. The molecule has 29 heavy (non-hydrogen) atoms. The normalized spacial score (nSPS) is 19.8. The van der Waals surface area contributed by atoms with E-state index in [2.05, 4.69) is 36.9 Å². The summed E-state index contributed by atoms with van der Waals surface area (Å²) in [6.07, 6.45) is 0.187. The Morgan fingerprint density at radius 2 is 1.76 bits per heavy atom. The average Bonchev–Trinajstić information content (AvgIpc) is 3.11. The van der Waals surface area contributed by atoms with Gasteiger partial charge in [0.05, 0.1) is 5.92 Å². The van der Waals surface area contributed by atoms with E-state index >= 15 is 0 Å². The maximum atomic E-state index is 13.5. The van der Waals surface area contributed by atoms with Crippen molar-refractivity contribution < 1.29 is 14.0 Å². The Labute approximate surface area is 170 Å². The number of carbonyl (C=O) groups excluding carboxylic acids is 2. The summed E-state index contributed by atoms with van der Waals surface area (Å²) in [6, 6.07) is 12.3. The van der Waals surface area contributed by atoms with Gasteiger partial charge in [-0.15, -0.1) is 0 Å². The van der Waals surface area contributed by atoms with Crippen molar-refractivity contribution in [2.75, 3.05) is 42.5 Å². The molecule has 2 fully saturated rings. The van der Waals surface area contributed by atoms with Gasteiger partial charge in [0.2, 0.25) is 11.8 Å². The summed E-state index contributed by atoms with van der Waals surface area (Å²) in [6.45, 7) is 7.42. The molecule has 2 aliphatic heterocycles. The van der Waals surface area contributed by atoms with E-state index < -0.39 is 0 Å². The molecule has 5 nitrogen and oxygen atoms in total. The molecule has 0 spiro atoms. The van der Waals surface area contributed by atoms with Crippen molar-refractivity contribution in [2.45, 2.75) is 20.3 Å². The Kier molecular flexibility index (Phi) is 5.26. The highest BCUT2D eigenvalue weighted by Crippen LogP contribution is 2.28. The van der Waals surface area contributed by atoms with Gasteiger partial charge in [0.15, 0.2) is 0 Å². The van der Waals surface area contributed by atoms with Gasteiger partial charge < -0.3 is 14.7 Å². The first-order chi connectivity index (χ1) is 13.9. The first-order valence-electron chi connectivity index (χ1n) is 10.1. The number of carbonyl (C=O) groups is 2. The molecule has 0 N–H and O–H groups in total. The number of amides is 2. The van der Waals surface area contributed by atoms with E-state index in [0.717, 1.165) is 13.1 Å². The van der Waals surface area contributed by atoms with Gasteiger partial charge in [0, 0.05) is 50.5 Å². The maximum absolute atomic E-state index is 13.5. The Morgan fingerprint density at radius 1 is 1.03 bits per heavy atom. The molecule has 0 radical (unpaired) electrons. The van der Waals surface area contributed by atoms with Crippen LogP contribution in [0.15, 0.2) is 42.5 Å². The summed E-state index contributed by atoms with van der Waals surface area (Å²) in [5, 5.41) is 0. The second-order valence-corrected chi connectivity index (χ2v) is 7.92. The van der Waals surface area contributed by atoms with Gasteiger partial charge in [-0.3, -0.25) is 9.59 Å². The van der Waals surface area contributed by atoms with E-state index in [0.29, 0.717) is 25.3 Å². The predicted molar refractivity (Wildman–Crippen MR) is 112 cm³/mol. The van der Waals surface area contributed by atoms with Gasteiger partial charge in [-0.1, -0.05) is 18.2 Å². The SMILES string of the molecule is Cc1cccc(N2CCN(C(=O)C3CC(=O)N(c4cccc(F)c4)C3)CC2)c1C. The summed E-state index contributed by atoms with van der Waals surface area (Å²) in [5.74, 6) is -0.841. The molecule has 152 valence electrons. The quantitative estimate of drug-likeness (QED) is 0.802. The maximum Gasteiger partial charge on any atom is 0.228 e. The van der Waals surface area contributed by atoms with Crippen molar-refractivity contribution in [1.82, 2.24) is 4.90 Å². The lowest BCUT2D eigenvalue weighted by Crippen LogP contribution is -2.51. The van der Waals surface area contributed by atoms with Crippen LogP contribution in [0.2, 0.25) is 0 Å². The van der Waals surface area contributed by atoms with Gasteiger partial charge in [0.25, 0.3) is 0 Å². The molecule has 0 saturated carbocycles. The minimum atomic E-state index is -0.382. The molecule has 0 aliphatic carbocycles. The number of piperazine rings is 1. The number of hydrogen-bond acceptors (Lipinski definition) is 3. The number of hydrogen-bond donors (Lipinski definition) is 0. The highest BCUT2D eigenvalue weighted by Gasteiger charge is 2.38. The standard InChI is InChI=1S/C23H26FN3O2/c1-16-5-3-8-21(17(16)2)25-9-11-26(12-10-25)23(29)18-13-22(28)27(15-18)20-7-4-6-19(24)14-20/h3-8,14,18H,9-13,15H2,1-2H3. The number of rotatable bonds is 3. The lowest BCUT2D eigenvalue weighted by Gasteiger charge is -2.38. The summed E-state index contributed by atoms with van der Waals surface area (Å²) >= 11 is 0. The average molecular weight is 395 g/mol. The van der Waals surface area contributed by atoms with Gasteiger partial charge in [-0.25, -0.2) is 4.39 Å². The molecular weight excluding hydrogens is 369 g/mol. The zero-order chi connectivity index (χ0) is 20.5. The molecule has 2 saturated heterocycles. The molecule has 6 heteroatoms. The van der Waals surface area contributed by atoms with Crippen molar-refractivity contribution >= 4 is 23.2 Å². The van der Waals surface area contributed by atoms with Crippen molar-refractivity contribution in [1.29, 1.82) is 0 Å². The molecule has 0 aromatic heterocycles. The highest BCUT2D eigenvalue weighted by atomic mass is 19.1. The molecule has 1 unspecified atom stereocenters. The minimum absolute atomic E-state index is 0.0258. The number of halogens is 1.